The van der Waals surface area contributed by atoms with Gasteiger partial charge in [0.25, 0.3) is 0 Å². The Morgan fingerprint density at radius 3 is 1.50 bits per heavy atom. The Labute approximate surface area is 76.6 Å². The van der Waals surface area contributed by atoms with E-state index in [0.717, 1.165) is 11.6 Å². The summed E-state index contributed by atoms with van der Waals surface area (Å²) < 4.78 is 0. The van der Waals surface area contributed by atoms with Crippen LogP contribution in [0.15, 0.2) is 0 Å². The van der Waals surface area contributed by atoms with Gasteiger partial charge in [-0.2, -0.15) is 0 Å². The summed E-state index contributed by atoms with van der Waals surface area (Å²) in [4.78, 5) is 0. The Hall–Kier alpha value is 0.662. The molecule has 0 aromatic heterocycles. The van der Waals surface area contributed by atoms with E-state index in [1.165, 1.54) is 38.5 Å². The first-order chi connectivity index (χ1) is 4.45. The molecule has 2 aliphatic heterocycles. The van der Waals surface area contributed by atoms with Crippen molar-refractivity contribution in [1.82, 2.24) is 0 Å². The van der Waals surface area contributed by atoms with Gasteiger partial charge in [-0.05, 0) is 0 Å². The minimum atomic E-state index is 0. The minimum Gasteiger partial charge on any atom is -0.0686 e. The zero-order chi connectivity index (χ0) is 6.10. The van der Waals surface area contributed by atoms with Crippen LogP contribution in [0, 0.1) is 0 Å². The van der Waals surface area contributed by atoms with Crippen molar-refractivity contribution in [3.63, 3.8) is 0 Å². The molecule has 2 aliphatic rings. The third-order valence-electron chi connectivity index (χ3n) is 2.84. The summed E-state index contributed by atoms with van der Waals surface area (Å²) in [5.41, 5.74) is 0. The zero-order valence-corrected chi connectivity index (χ0v) is 6.97. The van der Waals surface area contributed by atoms with E-state index in [1.54, 1.807) is 0 Å². The van der Waals surface area contributed by atoms with E-state index in [-0.39, 0.29) is 18.9 Å². The Kier molecular flexibility index (Phi) is 3.40. The van der Waals surface area contributed by atoms with Crippen molar-refractivity contribution < 1.29 is 0 Å². The molecule has 2 heteroatoms. The number of fused-ring (bicyclic) bond motifs is 2. The van der Waals surface area contributed by atoms with Gasteiger partial charge in [-0.25, -0.2) is 0 Å². The van der Waals surface area contributed by atoms with Gasteiger partial charge in [-0.3, -0.25) is 0 Å². The second-order valence-electron chi connectivity index (χ2n) is 3.57. The number of rotatable bonds is 0. The molecule has 0 amide bonds. The van der Waals surface area contributed by atoms with Gasteiger partial charge in [0.15, 0.2) is 0 Å². The molecular weight excluding hydrogens is 114 g/mol. The second-order valence-corrected chi connectivity index (χ2v) is 3.57. The van der Waals surface area contributed by atoms with Crippen molar-refractivity contribution in [1.29, 1.82) is 0 Å². The fourth-order valence-corrected chi connectivity index (χ4v) is 2.34. The Morgan fingerprint density at radius 2 is 1.20 bits per heavy atom. The SMILES string of the molecule is [B]1C2CCCC1CCC2.[Li]. The summed E-state index contributed by atoms with van der Waals surface area (Å²) in [5.74, 6) is 2.05. The summed E-state index contributed by atoms with van der Waals surface area (Å²) in [6, 6.07) is 0. The summed E-state index contributed by atoms with van der Waals surface area (Å²) in [5, 5.41) is 0. The Balaban J connectivity index is 0.000000500. The fraction of sp³-hybridized carbons (Fsp3) is 1.00. The monoisotopic (exact) mass is 128 g/mol. The summed E-state index contributed by atoms with van der Waals surface area (Å²) in [6.45, 7) is 0. The van der Waals surface area contributed by atoms with Gasteiger partial charge in [0.05, 0.1) is 0 Å². The van der Waals surface area contributed by atoms with Crippen molar-refractivity contribution in [2.24, 2.45) is 0 Å². The fourth-order valence-electron chi connectivity index (χ4n) is 2.34. The van der Waals surface area contributed by atoms with Gasteiger partial charge in [-0.1, -0.05) is 50.2 Å². The van der Waals surface area contributed by atoms with Gasteiger partial charge in [-0.15, -0.1) is 0 Å². The molecule has 2 fully saturated rings. The molecular formula is C8H14BLi. The third-order valence-corrected chi connectivity index (χ3v) is 2.84. The molecule has 2 radical (unpaired) electrons. The predicted molar refractivity (Wildman–Crippen MR) is 46.7 cm³/mol. The normalized spacial score (nSPS) is 37.6. The second kappa shape index (κ2) is 3.88. The molecule has 50 valence electrons. The van der Waals surface area contributed by atoms with Gasteiger partial charge < -0.3 is 0 Å². The topological polar surface area (TPSA) is 0 Å². The Bertz CT molecular complexity index is 85.4. The van der Waals surface area contributed by atoms with E-state index >= 15 is 0 Å². The van der Waals surface area contributed by atoms with Crippen LogP contribution in [0.25, 0.3) is 0 Å². The number of hydrogen-bond donors (Lipinski definition) is 0. The molecule has 0 aromatic carbocycles. The van der Waals surface area contributed by atoms with E-state index in [0.29, 0.717) is 0 Å². The molecule has 2 saturated heterocycles. The van der Waals surface area contributed by atoms with Gasteiger partial charge in [0.2, 0.25) is 0 Å². The predicted octanol–water partition coefficient (Wildman–Crippen LogP) is 2.25. The van der Waals surface area contributed by atoms with E-state index in [4.69, 9.17) is 0 Å². The molecule has 10 heavy (non-hydrogen) atoms. The molecule has 2 rings (SSSR count). The molecule has 0 aliphatic carbocycles. The molecule has 0 nitrogen and oxygen atoms in total. The van der Waals surface area contributed by atoms with Crippen LogP contribution in [0.2, 0.25) is 11.6 Å². The van der Waals surface area contributed by atoms with Crippen LogP contribution in [0.5, 0.6) is 0 Å². The van der Waals surface area contributed by atoms with Crippen LogP contribution in [-0.4, -0.2) is 26.1 Å². The maximum atomic E-state index is 2.62. The molecule has 2 heterocycles. The molecule has 0 N–H and O–H groups in total. The first-order valence-electron chi connectivity index (χ1n) is 4.30. The van der Waals surface area contributed by atoms with E-state index < -0.39 is 0 Å². The van der Waals surface area contributed by atoms with Crippen LogP contribution in [0.3, 0.4) is 0 Å². The number of hydrogen-bond acceptors (Lipinski definition) is 0. The molecule has 2 bridgehead atoms. The maximum absolute atomic E-state index is 2.62. The smallest absolute Gasteiger partial charge is 0.0686 e. The zero-order valence-electron chi connectivity index (χ0n) is 6.97. The average molecular weight is 128 g/mol. The average Bonchev–Trinajstić information content (AvgIpc) is 1.88. The van der Waals surface area contributed by atoms with Crippen LogP contribution >= 0.6 is 0 Å². The van der Waals surface area contributed by atoms with Crippen molar-refractivity contribution in [3.8, 4) is 0 Å². The van der Waals surface area contributed by atoms with E-state index in [2.05, 4.69) is 7.28 Å². The van der Waals surface area contributed by atoms with Crippen LogP contribution in [0.4, 0.5) is 0 Å². The molecule has 0 unspecified atom stereocenters. The molecule has 0 atom stereocenters. The van der Waals surface area contributed by atoms with Crippen molar-refractivity contribution >= 4 is 26.1 Å². The van der Waals surface area contributed by atoms with Gasteiger partial charge in [0.1, 0.15) is 7.28 Å². The summed E-state index contributed by atoms with van der Waals surface area (Å²) in [6.07, 6.45) is 9.00. The van der Waals surface area contributed by atoms with E-state index in [1.807, 2.05) is 0 Å². The molecule has 0 spiro atoms. The molecule has 0 aromatic rings. The third kappa shape index (κ3) is 1.83. The maximum Gasteiger partial charge on any atom is 0.117 e. The first kappa shape index (κ1) is 8.76. The largest absolute Gasteiger partial charge is 0.117 e. The summed E-state index contributed by atoms with van der Waals surface area (Å²) >= 11 is 0. The van der Waals surface area contributed by atoms with Crippen molar-refractivity contribution in [3.05, 3.63) is 0 Å². The van der Waals surface area contributed by atoms with Crippen molar-refractivity contribution in [2.75, 3.05) is 0 Å². The molecule has 0 saturated carbocycles. The van der Waals surface area contributed by atoms with Crippen LogP contribution < -0.4 is 0 Å². The van der Waals surface area contributed by atoms with Crippen molar-refractivity contribution in [2.45, 2.75) is 50.2 Å². The Morgan fingerprint density at radius 1 is 0.800 bits per heavy atom. The van der Waals surface area contributed by atoms with Gasteiger partial charge >= 0.3 is 0 Å². The van der Waals surface area contributed by atoms with Crippen LogP contribution in [-0.2, 0) is 0 Å². The standard InChI is InChI=1S/C8H14B.Li/c1-3-7-5-2-6-8(4-1)9-7;/h7-8H,1-6H2;. The van der Waals surface area contributed by atoms with Crippen LogP contribution in [0.1, 0.15) is 38.5 Å². The van der Waals surface area contributed by atoms with E-state index in [9.17, 15) is 0 Å². The first-order valence-corrected chi connectivity index (χ1v) is 4.30. The quantitative estimate of drug-likeness (QED) is 0.439. The van der Waals surface area contributed by atoms with Gasteiger partial charge in [0, 0.05) is 18.9 Å². The summed E-state index contributed by atoms with van der Waals surface area (Å²) in [7, 11) is 2.62. The minimum absolute atomic E-state index is 0.